The number of pyridine rings is 1. The second-order valence-corrected chi connectivity index (χ2v) is 4.91. The van der Waals surface area contributed by atoms with Crippen LogP contribution in [0.1, 0.15) is 48.7 Å². The Morgan fingerprint density at radius 2 is 2.40 bits per heavy atom. The molecule has 0 bridgehead atoms. The normalized spacial score (nSPS) is 17.7. The Bertz CT molecular complexity index is 514. The maximum Gasteiger partial charge on any atom is 0.272 e. The van der Waals surface area contributed by atoms with Crippen LogP contribution in [0.3, 0.4) is 0 Å². The fourth-order valence-corrected chi connectivity index (χ4v) is 2.49. The third kappa shape index (κ3) is 3.37. The van der Waals surface area contributed by atoms with Crippen molar-refractivity contribution in [3.63, 3.8) is 0 Å². The predicted molar refractivity (Wildman–Crippen MR) is 77.2 cm³/mol. The zero-order valence-electron chi connectivity index (χ0n) is 11.8. The number of carbonyl (C=O) groups is 1. The van der Waals surface area contributed by atoms with Gasteiger partial charge in [0.05, 0.1) is 6.61 Å². The molecule has 1 aliphatic heterocycles. The van der Waals surface area contributed by atoms with Gasteiger partial charge in [-0.3, -0.25) is 4.79 Å². The van der Waals surface area contributed by atoms with Gasteiger partial charge in [0.2, 0.25) is 0 Å². The summed E-state index contributed by atoms with van der Waals surface area (Å²) in [5, 5.41) is 8.66. The molecule has 0 radical (unpaired) electrons. The van der Waals surface area contributed by atoms with E-state index in [9.17, 15) is 4.79 Å². The van der Waals surface area contributed by atoms with E-state index in [1.54, 1.807) is 12.3 Å². The van der Waals surface area contributed by atoms with Crippen LogP contribution in [0.15, 0.2) is 18.3 Å². The van der Waals surface area contributed by atoms with Crippen molar-refractivity contribution in [3.05, 3.63) is 29.6 Å². The highest BCUT2D eigenvalue weighted by Crippen LogP contribution is 2.21. The maximum atomic E-state index is 12.4. The number of rotatable bonds is 3. The molecule has 4 heteroatoms. The minimum absolute atomic E-state index is 0.0178. The van der Waals surface area contributed by atoms with Crippen LogP contribution in [0.25, 0.3) is 0 Å². The Morgan fingerprint density at radius 3 is 3.05 bits per heavy atom. The van der Waals surface area contributed by atoms with Gasteiger partial charge >= 0.3 is 0 Å². The Balaban J connectivity index is 2.06. The predicted octanol–water partition coefficient (Wildman–Crippen LogP) is 1.83. The zero-order chi connectivity index (χ0) is 14.4. The lowest BCUT2D eigenvalue weighted by molar-refractivity contribution is 0.0727. The Kier molecular flexibility index (Phi) is 5.14. The molecule has 1 N–H and O–H groups in total. The van der Waals surface area contributed by atoms with Crippen LogP contribution in [0, 0.1) is 11.8 Å². The molecule has 2 rings (SSSR count). The minimum atomic E-state index is 0.0178. The summed E-state index contributed by atoms with van der Waals surface area (Å²) in [6, 6.07) is 3.89. The summed E-state index contributed by atoms with van der Waals surface area (Å²) in [6.07, 6.45) is 5.24. The molecule has 20 heavy (non-hydrogen) atoms. The number of aromatic nitrogens is 1. The maximum absolute atomic E-state index is 12.4. The quantitative estimate of drug-likeness (QED) is 0.854. The van der Waals surface area contributed by atoms with Gasteiger partial charge in [0, 0.05) is 30.8 Å². The molecule has 0 saturated carbocycles. The molecule has 1 aliphatic rings. The van der Waals surface area contributed by atoms with Crippen molar-refractivity contribution in [3.8, 4) is 11.8 Å². The van der Waals surface area contributed by atoms with Crippen LogP contribution >= 0.6 is 0 Å². The number of aliphatic hydroxyl groups excluding tert-OH is 1. The van der Waals surface area contributed by atoms with Crippen LogP contribution in [-0.2, 0) is 0 Å². The second-order valence-electron chi connectivity index (χ2n) is 4.91. The molecule has 4 nitrogen and oxygen atoms in total. The first-order chi connectivity index (χ1) is 9.76. The molecule has 0 spiro atoms. The van der Waals surface area contributed by atoms with Crippen molar-refractivity contribution < 1.29 is 9.90 Å². The number of hydrogen-bond acceptors (Lipinski definition) is 3. The molecule has 106 valence electrons. The molecular weight excluding hydrogens is 252 g/mol. The van der Waals surface area contributed by atoms with Gasteiger partial charge in [-0.05, 0) is 31.4 Å². The van der Waals surface area contributed by atoms with Crippen LogP contribution in [-0.4, -0.2) is 40.1 Å². The molecule has 1 unspecified atom stereocenters. The molecular formula is C16H20N2O2. The largest absolute Gasteiger partial charge is 0.395 e. The number of amides is 1. The first kappa shape index (κ1) is 14.5. The minimum Gasteiger partial charge on any atom is -0.395 e. The van der Waals surface area contributed by atoms with E-state index in [1.807, 2.05) is 11.0 Å². The van der Waals surface area contributed by atoms with Crippen molar-refractivity contribution in [2.45, 2.75) is 38.6 Å². The number of carbonyl (C=O) groups excluding carboxylic acids is 1. The fourth-order valence-electron chi connectivity index (χ4n) is 2.49. The smallest absolute Gasteiger partial charge is 0.272 e. The zero-order valence-corrected chi connectivity index (χ0v) is 11.8. The molecule has 1 aromatic heterocycles. The lowest BCUT2D eigenvalue weighted by Gasteiger charge is -2.23. The van der Waals surface area contributed by atoms with E-state index in [2.05, 4.69) is 23.7 Å². The van der Waals surface area contributed by atoms with Gasteiger partial charge in [0.1, 0.15) is 5.69 Å². The summed E-state index contributed by atoms with van der Waals surface area (Å²) in [5.41, 5.74) is 1.25. The van der Waals surface area contributed by atoms with Crippen LogP contribution < -0.4 is 0 Å². The summed E-state index contributed by atoms with van der Waals surface area (Å²) in [6.45, 7) is 3.00. The van der Waals surface area contributed by atoms with Gasteiger partial charge in [0.15, 0.2) is 0 Å². The highest BCUT2D eigenvalue weighted by atomic mass is 16.2. The van der Waals surface area contributed by atoms with Gasteiger partial charge < -0.3 is 10.0 Å². The van der Waals surface area contributed by atoms with Gasteiger partial charge in [-0.1, -0.05) is 18.8 Å². The average molecular weight is 272 g/mol. The third-order valence-electron chi connectivity index (χ3n) is 3.56. The van der Waals surface area contributed by atoms with Gasteiger partial charge in [0.25, 0.3) is 5.91 Å². The molecule has 0 aromatic carbocycles. The first-order valence-corrected chi connectivity index (χ1v) is 7.13. The Hall–Kier alpha value is -1.86. The highest BCUT2D eigenvalue weighted by molar-refractivity contribution is 5.92. The van der Waals surface area contributed by atoms with Gasteiger partial charge in [-0.25, -0.2) is 4.98 Å². The first-order valence-electron chi connectivity index (χ1n) is 7.13. The van der Waals surface area contributed by atoms with Crippen molar-refractivity contribution in [2.75, 3.05) is 13.2 Å². The summed E-state index contributed by atoms with van der Waals surface area (Å²) in [5.74, 6) is 5.76. The molecule has 1 amide bonds. The summed E-state index contributed by atoms with van der Waals surface area (Å²) in [4.78, 5) is 18.5. The summed E-state index contributed by atoms with van der Waals surface area (Å²) >= 11 is 0. The molecule has 0 aliphatic carbocycles. The van der Waals surface area contributed by atoms with E-state index >= 15 is 0 Å². The van der Waals surface area contributed by atoms with E-state index in [1.165, 1.54) is 0 Å². The number of likely N-dealkylation sites (tertiary alicyclic amines) is 1. The molecule has 1 saturated heterocycles. The van der Waals surface area contributed by atoms with Crippen molar-refractivity contribution in [1.29, 1.82) is 0 Å². The molecule has 1 fully saturated rings. The molecule has 1 aromatic rings. The standard InChI is InChI=1S/C16H20N2O2/c1-2-14-7-5-10-18(14)16(20)15-9-8-13(12-17-15)6-3-4-11-19/h8-9,12,14,19H,2,4-5,7,10-11H2,1H3. The summed E-state index contributed by atoms with van der Waals surface area (Å²) in [7, 11) is 0. The van der Waals surface area contributed by atoms with Gasteiger partial charge in [-0.2, -0.15) is 0 Å². The topological polar surface area (TPSA) is 53.4 Å². The van der Waals surface area contributed by atoms with Crippen molar-refractivity contribution in [1.82, 2.24) is 9.88 Å². The Morgan fingerprint density at radius 1 is 1.55 bits per heavy atom. The lowest BCUT2D eigenvalue weighted by Crippen LogP contribution is -2.35. The number of hydrogen-bond donors (Lipinski definition) is 1. The van der Waals surface area contributed by atoms with Crippen LogP contribution in [0.4, 0.5) is 0 Å². The lowest BCUT2D eigenvalue weighted by atomic mass is 10.1. The van der Waals surface area contributed by atoms with Gasteiger partial charge in [-0.15, -0.1) is 0 Å². The van der Waals surface area contributed by atoms with E-state index < -0.39 is 0 Å². The van der Waals surface area contributed by atoms with Crippen molar-refractivity contribution in [2.24, 2.45) is 0 Å². The van der Waals surface area contributed by atoms with E-state index in [0.29, 0.717) is 18.2 Å². The molecule has 1 atom stereocenters. The van der Waals surface area contributed by atoms with Crippen LogP contribution in [0.2, 0.25) is 0 Å². The average Bonchev–Trinajstić information content (AvgIpc) is 2.96. The highest BCUT2D eigenvalue weighted by Gasteiger charge is 2.28. The number of aliphatic hydroxyl groups is 1. The second kappa shape index (κ2) is 7.06. The van der Waals surface area contributed by atoms with E-state index in [-0.39, 0.29) is 12.5 Å². The van der Waals surface area contributed by atoms with E-state index in [4.69, 9.17) is 5.11 Å². The monoisotopic (exact) mass is 272 g/mol. The van der Waals surface area contributed by atoms with E-state index in [0.717, 1.165) is 31.4 Å². The van der Waals surface area contributed by atoms with Crippen LogP contribution in [0.5, 0.6) is 0 Å². The third-order valence-corrected chi connectivity index (χ3v) is 3.56. The van der Waals surface area contributed by atoms with Crippen molar-refractivity contribution >= 4 is 5.91 Å². The molecule has 2 heterocycles. The SMILES string of the molecule is CCC1CCCN1C(=O)c1ccc(C#CCCO)cn1. The Labute approximate surface area is 119 Å². The number of nitrogens with zero attached hydrogens (tertiary/aromatic N) is 2. The fraction of sp³-hybridized carbons (Fsp3) is 0.500. The summed E-state index contributed by atoms with van der Waals surface area (Å²) < 4.78 is 0.